The van der Waals surface area contributed by atoms with Gasteiger partial charge in [-0.15, -0.1) is 0 Å². The Hall–Kier alpha value is -2.04. The van der Waals surface area contributed by atoms with Crippen molar-refractivity contribution >= 4 is 23.2 Å². The quantitative estimate of drug-likeness (QED) is 0.676. The maximum absolute atomic E-state index is 12.6. The molecular weight excluding hydrogens is 370 g/mol. The lowest BCUT2D eigenvalue weighted by Gasteiger charge is -2.32. The van der Waals surface area contributed by atoms with E-state index in [-0.39, 0.29) is 11.8 Å². The monoisotopic (exact) mass is 399 g/mol. The molecule has 150 valence electrons. The van der Waals surface area contributed by atoms with Crippen LogP contribution in [0.5, 0.6) is 0 Å². The topological polar surface area (TPSA) is 35.6 Å². The molecule has 1 fully saturated rings. The van der Waals surface area contributed by atoms with Crippen molar-refractivity contribution in [2.24, 2.45) is 5.92 Å². The van der Waals surface area contributed by atoms with E-state index in [4.69, 9.17) is 11.6 Å². The van der Waals surface area contributed by atoms with Gasteiger partial charge in [0.05, 0.1) is 5.92 Å². The van der Waals surface area contributed by atoms with Gasteiger partial charge in [-0.3, -0.25) is 9.69 Å². The van der Waals surface area contributed by atoms with E-state index < -0.39 is 0 Å². The Morgan fingerprint density at radius 1 is 1.18 bits per heavy atom. The summed E-state index contributed by atoms with van der Waals surface area (Å²) in [5, 5.41) is 3.94. The number of likely N-dealkylation sites (tertiary alicyclic amines) is 1. The first kappa shape index (κ1) is 20.7. The molecule has 4 nitrogen and oxygen atoms in total. The number of benzene rings is 2. The molecule has 2 aromatic carbocycles. The van der Waals surface area contributed by atoms with Gasteiger partial charge in [-0.05, 0) is 49.6 Å². The molecular formula is C23H30ClN3O. The number of amides is 1. The summed E-state index contributed by atoms with van der Waals surface area (Å²) in [4.78, 5) is 17.2. The minimum Gasteiger partial charge on any atom is -0.375 e. The molecule has 28 heavy (non-hydrogen) atoms. The lowest BCUT2D eigenvalue weighted by molar-refractivity contribution is -0.126. The fraction of sp³-hybridized carbons (Fsp3) is 0.435. The Bertz CT molecular complexity index is 753. The highest BCUT2D eigenvalue weighted by Gasteiger charge is 2.25. The number of hydrogen-bond acceptors (Lipinski definition) is 3. The van der Waals surface area contributed by atoms with Crippen molar-refractivity contribution in [3.05, 3.63) is 65.2 Å². The van der Waals surface area contributed by atoms with Crippen LogP contribution in [0.3, 0.4) is 0 Å². The zero-order valence-corrected chi connectivity index (χ0v) is 17.4. The predicted octanol–water partition coefficient (Wildman–Crippen LogP) is 4.19. The zero-order valence-electron chi connectivity index (χ0n) is 16.6. The van der Waals surface area contributed by atoms with Crippen LogP contribution >= 0.6 is 11.6 Å². The second-order valence-electron chi connectivity index (χ2n) is 7.57. The molecule has 1 heterocycles. The van der Waals surface area contributed by atoms with Crippen LogP contribution < -0.4 is 10.2 Å². The molecule has 2 aromatic rings. The first-order valence-electron chi connectivity index (χ1n) is 10.1. The van der Waals surface area contributed by atoms with Crippen molar-refractivity contribution in [2.45, 2.75) is 25.8 Å². The summed E-state index contributed by atoms with van der Waals surface area (Å²) in [5.41, 5.74) is 2.34. The number of nitrogens with one attached hydrogen (secondary N) is 1. The minimum atomic E-state index is 0.0723. The third kappa shape index (κ3) is 5.98. The number of rotatable bonds is 8. The smallest absolute Gasteiger partial charge is 0.224 e. The van der Waals surface area contributed by atoms with Gasteiger partial charge < -0.3 is 10.2 Å². The number of carbonyl (C=O) groups is 1. The third-order valence-electron chi connectivity index (χ3n) is 5.39. The molecule has 0 aliphatic carbocycles. The van der Waals surface area contributed by atoms with Crippen molar-refractivity contribution in [3.8, 4) is 0 Å². The van der Waals surface area contributed by atoms with Gasteiger partial charge in [0.2, 0.25) is 5.91 Å². The SMILES string of the molecule is CN(CCCNC(=O)[C@@H]1CCCN(Cc2ccccc2Cl)C1)c1ccccc1. The van der Waals surface area contributed by atoms with Crippen LogP contribution in [-0.2, 0) is 11.3 Å². The summed E-state index contributed by atoms with van der Waals surface area (Å²) in [6, 6.07) is 18.3. The van der Waals surface area contributed by atoms with Crippen LogP contribution in [0.25, 0.3) is 0 Å². The first-order chi connectivity index (χ1) is 13.6. The van der Waals surface area contributed by atoms with E-state index in [9.17, 15) is 4.79 Å². The van der Waals surface area contributed by atoms with E-state index in [2.05, 4.69) is 40.4 Å². The average Bonchev–Trinajstić information content (AvgIpc) is 2.73. The Morgan fingerprint density at radius 2 is 1.93 bits per heavy atom. The standard InChI is InChI=1S/C23H30ClN3O/c1-26(21-11-3-2-4-12-21)15-8-14-25-23(28)20-10-7-16-27(18-20)17-19-9-5-6-13-22(19)24/h2-6,9,11-13,20H,7-8,10,14-18H2,1H3,(H,25,28)/t20-/m1/s1. The summed E-state index contributed by atoms with van der Waals surface area (Å²) in [7, 11) is 2.09. The second-order valence-corrected chi connectivity index (χ2v) is 7.97. The largest absolute Gasteiger partial charge is 0.375 e. The number of piperidine rings is 1. The van der Waals surface area contributed by atoms with E-state index in [0.29, 0.717) is 0 Å². The van der Waals surface area contributed by atoms with Crippen LogP contribution in [0.4, 0.5) is 5.69 Å². The van der Waals surface area contributed by atoms with E-state index in [1.165, 1.54) is 5.69 Å². The third-order valence-corrected chi connectivity index (χ3v) is 5.76. The summed E-state index contributed by atoms with van der Waals surface area (Å²) in [6.45, 7) is 4.29. The van der Waals surface area contributed by atoms with Gasteiger partial charge in [-0.25, -0.2) is 0 Å². The second kappa shape index (κ2) is 10.5. The van der Waals surface area contributed by atoms with Crippen LogP contribution in [0.15, 0.2) is 54.6 Å². The van der Waals surface area contributed by atoms with E-state index in [1.807, 2.05) is 36.4 Å². The minimum absolute atomic E-state index is 0.0723. The van der Waals surface area contributed by atoms with E-state index in [1.54, 1.807) is 0 Å². The lowest BCUT2D eigenvalue weighted by atomic mass is 9.96. The molecule has 3 rings (SSSR count). The maximum Gasteiger partial charge on any atom is 0.224 e. The number of nitrogens with zero attached hydrogens (tertiary/aromatic N) is 2. The highest BCUT2D eigenvalue weighted by Crippen LogP contribution is 2.22. The molecule has 1 saturated heterocycles. The fourth-order valence-corrected chi connectivity index (χ4v) is 3.96. The maximum atomic E-state index is 12.6. The molecule has 1 aliphatic heterocycles. The highest BCUT2D eigenvalue weighted by molar-refractivity contribution is 6.31. The lowest BCUT2D eigenvalue weighted by Crippen LogP contribution is -2.43. The highest BCUT2D eigenvalue weighted by atomic mass is 35.5. The normalized spacial score (nSPS) is 17.3. The van der Waals surface area contributed by atoms with Crippen LogP contribution in [0.1, 0.15) is 24.8 Å². The van der Waals surface area contributed by atoms with E-state index >= 15 is 0 Å². The van der Waals surface area contributed by atoms with Crippen LogP contribution in [0.2, 0.25) is 5.02 Å². The van der Waals surface area contributed by atoms with Gasteiger partial charge in [-0.2, -0.15) is 0 Å². The van der Waals surface area contributed by atoms with Gasteiger partial charge in [0.1, 0.15) is 0 Å². The molecule has 0 saturated carbocycles. The fourth-order valence-electron chi connectivity index (χ4n) is 3.76. The van der Waals surface area contributed by atoms with Crippen molar-refractivity contribution in [2.75, 3.05) is 38.1 Å². The van der Waals surface area contributed by atoms with Crippen molar-refractivity contribution < 1.29 is 4.79 Å². The number of halogens is 1. The molecule has 1 amide bonds. The van der Waals surface area contributed by atoms with Gasteiger partial charge >= 0.3 is 0 Å². The molecule has 5 heteroatoms. The molecule has 0 radical (unpaired) electrons. The van der Waals surface area contributed by atoms with Gasteiger partial charge in [0, 0.05) is 43.9 Å². The number of para-hydroxylation sites is 1. The zero-order chi connectivity index (χ0) is 19.8. The molecule has 1 atom stereocenters. The number of anilines is 1. The Kier molecular flexibility index (Phi) is 7.75. The predicted molar refractivity (Wildman–Crippen MR) is 117 cm³/mol. The first-order valence-corrected chi connectivity index (χ1v) is 10.5. The van der Waals surface area contributed by atoms with Gasteiger partial charge in [0.25, 0.3) is 0 Å². The van der Waals surface area contributed by atoms with Gasteiger partial charge in [-0.1, -0.05) is 48.0 Å². The van der Waals surface area contributed by atoms with Crippen molar-refractivity contribution in [1.82, 2.24) is 10.2 Å². The number of carbonyl (C=O) groups excluding carboxylic acids is 1. The summed E-state index contributed by atoms with van der Waals surface area (Å²) >= 11 is 6.29. The molecule has 0 spiro atoms. The van der Waals surface area contributed by atoms with E-state index in [0.717, 1.165) is 62.6 Å². The van der Waals surface area contributed by atoms with Crippen molar-refractivity contribution in [1.29, 1.82) is 0 Å². The molecule has 1 N–H and O–H groups in total. The molecule has 0 bridgehead atoms. The van der Waals surface area contributed by atoms with Crippen molar-refractivity contribution in [3.63, 3.8) is 0 Å². The Morgan fingerprint density at radius 3 is 2.71 bits per heavy atom. The Balaban J connectivity index is 1.40. The summed E-state index contributed by atoms with van der Waals surface area (Å²) < 4.78 is 0. The summed E-state index contributed by atoms with van der Waals surface area (Å²) in [5.74, 6) is 0.259. The van der Waals surface area contributed by atoms with Gasteiger partial charge in [0.15, 0.2) is 0 Å². The molecule has 1 aliphatic rings. The average molecular weight is 400 g/mol. The number of hydrogen-bond donors (Lipinski definition) is 1. The summed E-state index contributed by atoms with van der Waals surface area (Å²) in [6.07, 6.45) is 2.96. The molecule has 0 aromatic heterocycles. The molecule has 0 unspecified atom stereocenters. The Labute approximate surface area is 173 Å². The van der Waals surface area contributed by atoms with Crippen LogP contribution in [-0.4, -0.2) is 44.0 Å². The van der Waals surface area contributed by atoms with Crippen LogP contribution in [0, 0.1) is 5.92 Å².